The van der Waals surface area contributed by atoms with Crippen LogP contribution in [-0.2, 0) is 52.3 Å². The Morgan fingerprint density at radius 3 is 1.70 bits per heavy atom. The van der Waals surface area contributed by atoms with Crippen LogP contribution in [0.5, 0.6) is 5.88 Å². The molecule has 0 unspecified atom stereocenters. The molecule has 2 aliphatic heterocycles. The zero-order valence-corrected chi connectivity index (χ0v) is 34.4. The highest BCUT2D eigenvalue weighted by atomic mass is 16.6. The summed E-state index contributed by atoms with van der Waals surface area (Å²) >= 11 is 0. The molecule has 1 aromatic heterocycles. The van der Waals surface area contributed by atoms with Gasteiger partial charge in [-0.05, 0) is 18.9 Å². The van der Waals surface area contributed by atoms with Crippen LogP contribution in [-0.4, -0.2) is 193 Å². The third-order valence-electron chi connectivity index (χ3n) is 8.87. The van der Waals surface area contributed by atoms with Crippen LogP contribution in [0.4, 0.5) is 10.5 Å². The number of aliphatic hydroxyl groups excluding tert-OH is 3. The molecule has 0 bridgehead atoms. The molecule has 0 saturated carbocycles. The maximum Gasteiger partial charge on any atom is 0.314 e. The van der Waals surface area contributed by atoms with Gasteiger partial charge >= 0.3 is 6.03 Å². The molecule has 0 spiro atoms. The molecule has 340 valence electrons. The molecule has 1 saturated heterocycles. The molecule has 2 aliphatic rings. The standard InChI is InChI=1S/C39H63N5O16/c1-29(46)43-36-31(60-32(28-45)37(49)38(36)50)5-3-2-4-12-52-15-16-53-13-10-40-39(51)41-11-14-54-17-18-55-19-20-56-21-22-57-23-24-58-25-26-59-33-7-6-30(27-42-33)44-34(47)8-9-35(44)48/h6-9,27,31-32,36-38,45,49-50H,2-5,10-26,28H2,1H3,(H,43,46)(H2,40,41,51)/t31-,32-,36+,37+,38-/m1/s1. The fraction of sp³-hybridized carbons (Fsp3) is 0.718. The Morgan fingerprint density at radius 2 is 1.20 bits per heavy atom. The number of nitrogens with zero attached hydrogens (tertiary/aromatic N) is 2. The van der Waals surface area contributed by atoms with Gasteiger partial charge in [-0.1, -0.05) is 12.8 Å². The van der Waals surface area contributed by atoms with Gasteiger partial charge < -0.3 is 73.9 Å². The van der Waals surface area contributed by atoms with Crippen LogP contribution in [0.3, 0.4) is 0 Å². The Kier molecular flexibility index (Phi) is 26.1. The fourth-order valence-corrected chi connectivity index (χ4v) is 5.87. The Bertz CT molecular complexity index is 1370. The van der Waals surface area contributed by atoms with Crippen LogP contribution in [0.1, 0.15) is 32.6 Å². The highest BCUT2D eigenvalue weighted by molar-refractivity contribution is 6.28. The lowest BCUT2D eigenvalue weighted by Crippen LogP contribution is -2.63. The summed E-state index contributed by atoms with van der Waals surface area (Å²) in [7, 11) is 0. The first-order chi connectivity index (χ1) is 29.2. The molecule has 1 fully saturated rings. The first-order valence-corrected chi connectivity index (χ1v) is 20.3. The lowest BCUT2D eigenvalue weighted by atomic mass is 9.90. The molecule has 5 amide bonds. The number of aliphatic hydroxyl groups is 3. The molecular weight excluding hydrogens is 794 g/mol. The lowest BCUT2D eigenvalue weighted by Gasteiger charge is -2.42. The minimum absolute atomic E-state index is 0.279. The van der Waals surface area contributed by atoms with Crippen molar-refractivity contribution < 1.29 is 77.1 Å². The minimum atomic E-state index is -1.28. The zero-order valence-electron chi connectivity index (χ0n) is 34.4. The molecule has 0 aromatic carbocycles. The van der Waals surface area contributed by atoms with E-state index in [9.17, 15) is 34.5 Å². The molecule has 0 radical (unpaired) electrons. The van der Waals surface area contributed by atoms with Crippen molar-refractivity contribution in [3.8, 4) is 5.88 Å². The summed E-state index contributed by atoms with van der Waals surface area (Å²) in [5.74, 6) is -0.795. The molecule has 0 aliphatic carbocycles. The summed E-state index contributed by atoms with van der Waals surface area (Å²) in [6, 6.07) is 2.10. The van der Waals surface area contributed by atoms with Crippen LogP contribution in [0.2, 0.25) is 0 Å². The molecular formula is C39H63N5O16. The van der Waals surface area contributed by atoms with Gasteiger partial charge in [0.05, 0.1) is 117 Å². The van der Waals surface area contributed by atoms with E-state index < -0.39 is 48.9 Å². The first-order valence-electron chi connectivity index (χ1n) is 20.3. The second-order valence-corrected chi connectivity index (χ2v) is 13.5. The van der Waals surface area contributed by atoms with Crippen LogP contribution in [0, 0.1) is 0 Å². The number of hydrogen-bond acceptors (Lipinski definition) is 17. The Labute approximate surface area is 350 Å². The number of carbonyl (C=O) groups is 4. The van der Waals surface area contributed by atoms with Crippen molar-refractivity contribution in [3.05, 3.63) is 30.5 Å². The van der Waals surface area contributed by atoms with E-state index in [0.717, 1.165) is 24.2 Å². The van der Waals surface area contributed by atoms with Crippen molar-refractivity contribution in [1.29, 1.82) is 0 Å². The first kappa shape index (κ1) is 50.5. The summed E-state index contributed by atoms with van der Waals surface area (Å²) in [4.78, 5) is 52.0. The molecule has 21 heteroatoms. The van der Waals surface area contributed by atoms with Crippen LogP contribution < -0.4 is 25.6 Å². The number of urea groups is 1. The van der Waals surface area contributed by atoms with Gasteiger partial charge in [-0.15, -0.1) is 0 Å². The second-order valence-electron chi connectivity index (χ2n) is 13.5. The molecule has 3 heterocycles. The monoisotopic (exact) mass is 857 g/mol. The number of carbonyl (C=O) groups excluding carboxylic acids is 4. The number of nitrogens with one attached hydrogen (secondary N) is 3. The fourth-order valence-electron chi connectivity index (χ4n) is 5.87. The Balaban J connectivity index is 0.981. The summed E-state index contributed by atoms with van der Waals surface area (Å²) in [6.45, 7) is 7.50. The van der Waals surface area contributed by atoms with Gasteiger partial charge in [0.2, 0.25) is 11.8 Å². The molecule has 60 heavy (non-hydrogen) atoms. The third-order valence-corrected chi connectivity index (χ3v) is 8.87. The number of unbranched alkanes of at least 4 members (excludes halogenated alkanes) is 2. The van der Waals surface area contributed by atoms with E-state index in [-0.39, 0.29) is 18.5 Å². The normalized spacial score (nSPS) is 20.1. The predicted octanol–water partition coefficient (Wildman–Crippen LogP) is -1.15. The largest absolute Gasteiger partial charge is 0.475 e. The van der Waals surface area contributed by atoms with Crippen LogP contribution in [0.15, 0.2) is 30.5 Å². The molecule has 3 rings (SSSR count). The molecule has 6 N–H and O–H groups in total. The Morgan fingerprint density at radius 1 is 0.683 bits per heavy atom. The smallest absolute Gasteiger partial charge is 0.314 e. The van der Waals surface area contributed by atoms with Gasteiger partial charge in [0, 0.05) is 44.8 Å². The van der Waals surface area contributed by atoms with E-state index in [1.54, 1.807) is 12.1 Å². The molecule has 1 aromatic rings. The van der Waals surface area contributed by atoms with Crippen molar-refractivity contribution in [2.24, 2.45) is 0 Å². The maximum absolute atomic E-state index is 11.9. The number of hydrogen-bond donors (Lipinski definition) is 6. The summed E-state index contributed by atoms with van der Waals surface area (Å²) in [6.07, 6.45) is 2.81. The maximum atomic E-state index is 11.9. The van der Waals surface area contributed by atoms with Crippen LogP contribution >= 0.6 is 0 Å². The zero-order chi connectivity index (χ0) is 43.2. The van der Waals surface area contributed by atoms with E-state index in [1.807, 2.05) is 0 Å². The quantitative estimate of drug-likeness (QED) is 0.0353. The van der Waals surface area contributed by atoms with Gasteiger partial charge in [-0.2, -0.15) is 0 Å². The van der Waals surface area contributed by atoms with Crippen molar-refractivity contribution in [3.63, 3.8) is 0 Å². The van der Waals surface area contributed by atoms with Gasteiger partial charge in [-0.3, -0.25) is 14.4 Å². The molecule has 5 atom stereocenters. The topological polar surface area (TPSA) is 264 Å². The van der Waals surface area contributed by atoms with Gasteiger partial charge in [0.25, 0.3) is 11.8 Å². The van der Waals surface area contributed by atoms with Gasteiger partial charge in [0.1, 0.15) is 24.9 Å². The lowest BCUT2D eigenvalue weighted by molar-refractivity contribution is -0.196. The predicted molar refractivity (Wildman–Crippen MR) is 212 cm³/mol. The van der Waals surface area contributed by atoms with E-state index in [0.29, 0.717) is 124 Å². The second kappa shape index (κ2) is 31.0. The van der Waals surface area contributed by atoms with Crippen LogP contribution in [0.25, 0.3) is 0 Å². The SMILES string of the molecule is CC(=O)N[C@@H]1[C@@H](O)[C@@H](O)[C@@H](CO)O[C@@H]1CCCCCOCCOCCNC(=O)NCCOCCOCCOCCOCCOCCOc1ccc(N2C(=O)C=CC2=O)cn1. The number of amides is 5. The molecule has 21 nitrogen and oxygen atoms in total. The van der Waals surface area contributed by atoms with Gasteiger partial charge in [-0.25, -0.2) is 14.7 Å². The average molecular weight is 858 g/mol. The minimum Gasteiger partial charge on any atom is -0.475 e. The van der Waals surface area contributed by atoms with Gasteiger partial charge in [0.15, 0.2) is 0 Å². The Hall–Kier alpha value is -3.87. The van der Waals surface area contributed by atoms with Crippen molar-refractivity contribution in [1.82, 2.24) is 20.9 Å². The number of aromatic nitrogens is 1. The van der Waals surface area contributed by atoms with Crippen molar-refractivity contribution in [2.45, 2.75) is 63.1 Å². The number of anilines is 1. The summed E-state index contributed by atoms with van der Waals surface area (Å²) < 4.78 is 49.6. The van der Waals surface area contributed by atoms with E-state index in [2.05, 4.69) is 20.9 Å². The highest BCUT2D eigenvalue weighted by Gasteiger charge is 2.44. The third kappa shape index (κ3) is 20.6. The number of rotatable bonds is 34. The summed E-state index contributed by atoms with van der Waals surface area (Å²) in [5.41, 5.74) is 0.377. The number of imide groups is 1. The van der Waals surface area contributed by atoms with E-state index in [1.165, 1.54) is 25.3 Å². The summed E-state index contributed by atoms with van der Waals surface area (Å²) in [5, 5.41) is 38.0. The highest BCUT2D eigenvalue weighted by Crippen LogP contribution is 2.25. The number of pyridine rings is 1. The van der Waals surface area contributed by atoms with Crippen molar-refractivity contribution in [2.75, 3.05) is 124 Å². The van der Waals surface area contributed by atoms with E-state index in [4.69, 9.17) is 42.6 Å². The average Bonchev–Trinajstić information content (AvgIpc) is 3.58. The number of ether oxygens (including phenoxy) is 9. The van der Waals surface area contributed by atoms with E-state index >= 15 is 0 Å². The van der Waals surface area contributed by atoms with Crippen molar-refractivity contribution >= 4 is 29.4 Å².